The maximum absolute atomic E-state index is 14.5. The van der Waals surface area contributed by atoms with Crippen molar-refractivity contribution in [1.82, 2.24) is 29.6 Å². The molecule has 0 saturated carbocycles. The number of hydrogen-bond donors (Lipinski definition) is 2. The summed E-state index contributed by atoms with van der Waals surface area (Å²) in [7, 11) is 0. The van der Waals surface area contributed by atoms with Gasteiger partial charge in [0.15, 0.2) is 11.5 Å². The summed E-state index contributed by atoms with van der Waals surface area (Å²) in [5, 5.41) is 7.17. The highest BCUT2D eigenvalue weighted by molar-refractivity contribution is 6.30. The van der Waals surface area contributed by atoms with Gasteiger partial charge >= 0.3 is 0 Å². The van der Waals surface area contributed by atoms with Crippen molar-refractivity contribution >= 4 is 34.3 Å². The first-order valence-corrected chi connectivity index (χ1v) is 10.3. The fraction of sp³-hybridized carbons (Fsp3) is 0.238. The molecule has 1 aromatic carbocycles. The molecule has 0 radical (unpaired) electrons. The largest absolute Gasteiger partial charge is 0.324 e. The van der Waals surface area contributed by atoms with E-state index in [0.717, 1.165) is 17.7 Å². The average molecular weight is 440 g/mol. The van der Waals surface area contributed by atoms with Gasteiger partial charge in [-0.2, -0.15) is 4.98 Å². The Hall–Kier alpha value is -3.30. The van der Waals surface area contributed by atoms with Crippen molar-refractivity contribution in [2.75, 3.05) is 11.9 Å². The summed E-state index contributed by atoms with van der Waals surface area (Å²) in [6, 6.07) is 6.75. The van der Waals surface area contributed by atoms with Crippen molar-refractivity contribution in [3.63, 3.8) is 0 Å². The van der Waals surface area contributed by atoms with Gasteiger partial charge < -0.3 is 10.6 Å². The number of rotatable bonds is 4. The highest BCUT2D eigenvalue weighted by atomic mass is 35.5. The van der Waals surface area contributed by atoms with Crippen LogP contribution in [0.3, 0.4) is 0 Å². The molecule has 5 rings (SSSR count). The highest BCUT2D eigenvalue weighted by Crippen LogP contribution is 2.25. The van der Waals surface area contributed by atoms with E-state index in [0.29, 0.717) is 47.1 Å². The van der Waals surface area contributed by atoms with E-state index in [1.807, 2.05) is 13.0 Å². The van der Waals surface area contributed by atoms with Crippen LogP contribution in [-0.2, 0) is 19.5 Å². The zero-order chi connectivity index (χ0) is 21.5. The molecule has 31 heavy (non-hydrogen) atoms. The van der Waals surface area contributed by atoms with Crippen molar-refractivity contribution in [1.29, 1.82) is 0 Å². The maximum Gasteiger partial charge on any atom is 0.278 e. The first kappa shape index (κ1) is 19.7. The minimum absolute atomic E-state index is 0.216. The third kappa shape index (κ3) is 3.45. The van der Waals surface area contributed by atoms with Crippen LogP contribution in [-0.4, -0.2) is 30.9 Å². The number of anilines is 2. The molecule has 2 N–H and O–H groups in total. The number of benzene rings is 1. The molecule has 0 unspecified atom stereocenters. The van der Waals surface area contributed by atoms with Gasteiger partial charge in [0, 0.05) is 31.2 Å². The highest BCUT2D eigenvalue weighted by Gasteiger charge is 2.18. The molecular formula is C21H19ClFN7O. The molecule has 4 aromatic rings. The van der Waals surface area contributed by atoms with Crippen LogP contribution in [0.25, 0.3) is 16.9 Å². The van der Waals surface area contributed by atoms with E-state index in [1.165, 1.54) is 23.1 Å². The van der Waals surface area contributed by atoms with Crippen molar-refractivity contribution < 1.29 is 4.39 Å². The minimum atomic E-state index is -0.248. The van der Waals surface area contributed by atoms with Crippen LogP contribution < -0.4 is 16.2 Å². The Morgan fingerprint density at radius 3 is 2.90 bits per heavy atom. The first-order chi connectivity index (χ1) is 15.0. The molecule has 0 fully saturated rings. The van der Waals surface area contributed by atoms with Gasteiger partial charge in [-0.3, -0.25) is 4.79 Å². The lowest BCUT2D eigenvalue weighted by Crippen LogP contribution is -2.24. The smallest absolute Gasteiger partial charge is 0.278 e. The molecule has 0 atom stereocenters. The van der Waals surface area contributed by atoms with Crippen LogP contribution in [0.5, 0.6) is 0 Å². The molecule has 0 bridgehead atoms. The fourth-order valence-electron chi connectivity index (χ4n) is 3.87. The van der Waals surface area contributed by atoms with Gasteiger partial charge in [0.1, 0.15) is 11.2 Å². The van der Waals surface area contributed by atoms with Gasteiger partial charge in [-0.15, -0.1) is 0 Å². The van der Waals surface area contributed by atoms with Gasteiger partial charge in [0.25, 0.3) is 5.56 Å². The summed E-state index contributed by atoms with van der Waals surface area (Å²) in [4.78, 5) is 26.0. The lowest BCUT2D eigenvalue weighted by atomic mass is 10.00. The van der Waals surface area contributed by atoms with Crippen LogP contribution in [0.2, 0.25) is 5.02 Å². The molecule has 158 valence electrons. The Labute approximate surface area is 181 Å². The Morgan fingerprint density at radius 1 is 1.26 bits per heavy atom. The van der Waals surface area contributed by atoms with Crippen LogP contribution in [0.4, 0.5) is 16.0 Å². The molecular weight excluding hydrogens is 421 g/mol. The zero-order valence-corrected chi connectivity index (χ0v) is 17.4. The van der Waals surface area contributed by atoms with E-state index in [9.17, 15) is 9.18 Å². The SMILES string of the molecule is CCn1c(=O)c2cnc(Nc3cc(F)c4c(c3)CNCC4)nc2n1-c1ccc(Cl)cn1. The number of hydrogen-bond acceptors (Lipinski definition) is 6. The Morgan fingerprint density at radius 2 is 2.13 bits per heavy atom. The lowest BCUT2D eigenvalue weighted by Gasteiger charge is -2.19. The van der Waals surface area contributed by atoms with Gasteiger partial charge in [0.2, 0.25) is 5.95 Å². The summed E-state index contributed by atoms with van der Waals surface area (Å²) in [6.07, 6.45) is 3.65. The summed E-state index contributed by atoms with van der Waals surface area (Å²) in [5.74, 6) is 0.516. The van der Waals surface area contributed by atoms with Crippen molar-refractivity contribution in [2.24, 2.45) is 0 Å². The van der Waals surface area contributed by atoms with E-state index in [1.54, 1.807) is 16.8 Å². The van der Waals surface area contributed by atoms with Crippen LogP contribution in [0.15, 0.2) is 41.5 Å². The molecule has 1 aliphatic rings. The van der Waals surface area contributed by atoms with Gasteiger partial charge in [-0.25, -0.2) is 23.7 Å². The number of aromatic nitrogens is 5. The molecule has 4 heterocycles. The maximum atomic E-state index is 14.5. The molecule has 8 nitrogen and oxygen atoms in total. The van der Waals surface area contributed by atoms with E-state index in [4.69, 9.17) is 11.6 Å². The fourth-order valence-corrected chi connectivity index (χ4v) is 3.98. The van der Waals surface area contributed by atoms with E-state index in [2.05, 4.69) is 25.6 Å². The lowest BCUT2D eigenvalue weighted by molar-refractivity contribution is 0.568. The molecule has 0 spiro atoms. The standard InChI is InChI=1S/C21H19ClFN7O/c1-2-29-20(31)16-11-26-21(28-19(16)30(29)18-4-3-13(22)10-25-18)27-14-7-12-9-24-6-5-15(12)17(23)8-14/h3-4,7-8,10-11,24H,2,5-6,9H2,1H3,(H,26,27,28). The number of halogens is 2. The molecule has 10 heteroatoms. The molecule has 1 aliphatic heterocycles. The van der Waals surface area contributed by atoms with E-state index < -0.39 is 0 Å². The van der Waals surface area contributed by atoms with Gasteiger partial charge in [-0.05, 0) is 55.3 Å². The second kappa shape index (κ2) is 7.75. The van der Waals surface area contributed by atoms with E-state index in [-0.39, 0.29) is 17.3 Å². The molecule has 0 amide bonds. The van der Waals surface area contributed by atoms with Crippen molar-refractivity contribution in [3.8, 4) is 5.82 Å². The minimum Gasteiger partial charge on any atom is -0.324 e. The number of pyridine rings is 1. The van der Waals surface area contributed by atoms with Crippen LogP contribution >= 0.6 is 11.6 Å². The summed E-state index contributed by atoms with van der Waals surface area (Å²) < 4.78 is 17.7. The third-order valence-electron chi connectivity index (χ3n) is 5.32. The Balaban J connectivity index is 1.60. The number of fused-ring (bicyclic) bond motifs is 2. The third-order valence-corrected chi connectivity index (χ3v) is 5.54. The monoisotopic (exact) mass is 439 g/mol. The second-order valence-electron chi connectivity index (χ2n) is 7.25. The Kier molecular flexibility index (Phi) is 4.91. The first-order valence-electron chi connectivity index (χ1n) is 9.94. The summed E-state index contributed by atoms with van der Waals surface area (Å²) in [5.41, 5.74) is 2.39. The van der Waals surface area contributed by atoms with Crippen LogP contribution in [0.1, 0.15) is 18.1 Å². The van der Waals surface area contributed by atoms with Crippen molar-refractivity contribution in [2.45, 2.75) is 26.4 Å². The molecule has 0 saturated heterocycles. The van der Waals surface area contributed by atoms with Crippen LogP contribution in [0, 0.1) is 5.82 Å². The van der Waals surface area contributed by atoms with Gasteiger partial charge in [-0.1, -0.05) is 11.6 Å². The van der Waals surface area contributed by atoms with Crippen molar-refractivity contribution in [3.05, 3.63) is 69.0 Å². The molecule has 0 aliphatic carbocycles. The summed E-state index contributed by atoms with van der Waals surface area (Å²) >= 11 is 5.96. The second-order valence-corrected chi connectivity index (χ2v) is 7.68. The number of nitrogens with one attached hydrogen (secondary N) is 2. The quantitative estimate of drug-likeness (QED) is 0.507. The normalized spacial score (nSPS) is 13.4. The predicted octanol–water partition coefficient (Wildman–Crippen LogP) is 3.18. The summed E-state index contributed by atoms with van der Waals surface area (Å²) in [6.45, 7) is 3.67. The Bertz CT molecular complexity index is 1350. The number of nitrogens with zero attached hydrogens (tertiary/aromatic N) is 5. The van der Waals surface area contributed by atoms with E-state index >= 15 is 0 Å². The zero-order valence-electron chi connectivity index (χ0n) is 16.7. The molecule has 3 aromatic heterocycles. The predicted molar refractivity (Wildman–Crippen MR) is 117 cm³/mol. The van der Waals surface area contributed by atoms with Gasteiger partial charge in [0.05, 0.1) is 5.02 Å². The topological polar surface area (TPSA) is 89.7 Å². The average Bonchev–Trinajstić information content (AvgIpc) is 3.05.